The third kappa shape index (κ3) is 29.5. The Kier molecular flexibility index (Phi) is 37.0. The summed E-state index contributed by atoms with van der Waals surface area (Å²) < 4.78 is 0. The number of amides is 14. The van der Waals surface area contributed by atoms with Gasteiger partial charge in [-0.2, -0.15) is 0 Å². The number of aliphatic imine (C=N–C) groups is 2. The van der Waals surface area contributed by atoms with Crippen LogP contribution in [-0.4, -0.2) is 246 Å². The van der Waals surface area contributed by atoms with Crippen molar-refractivity contribution in [2.45, 2.75) is 235 Å². The molecule has 38 nitrogen and oxygen atoms in total. The van der Waals surface area contributed by atoms with Gasteiger partial charge >= 0.3 is 5.97 Å². The van der Waals surface area contributed by atoms with E-state index in [4.69, 9.17) is 28.7 Å². The third-order valence-electron chi connectivity index (χ3n) is 18.6. The molecule has 14 amide bonds. The van der Waals surface area contributed by atoms with Crippen molar-refractivity contribution in [3.8, 4) is 0 Å². The molecule has 4 fully saturated rings. The van der Waals surface area contributed by atoms with Crippen LogP contribution in [0.2, 0.25) is 0 Å². The molecule has 4 aliphatic heterocycles. The number of aliphatic hydroxyl groups excluding tert-OH is 1. The summed E-state index contributed by atoms with van der Waals surface area (Å²) in [4.78, 5) is 219. The summed E-state index contributed by atoms with van der Waals surface area (Å²) in [7, 11) is 0. The molecule has 4 saturated heterocycles. The second kappa shape index (κ2) is 45.3. The van der Waals surface area contributed by atoms with E-state index in [1.807, 2.05) is 6.92 Å². The zero-order valence-electron chi connectivity index (χ0n) is 61.3. The van der Waals surface area contributed by atoms with E-state index >= 15 is 0 Å². The summed E-state index contributed by atoms with van der Waals surface area (Å²) in [6.45, 7) is 3.89. The van der Waals surface area contributed by atoms with Crippen molar-refractivity contribution in [3.63, 3.8) is 0 Å². The molecule has 0 spiro atoms. The number of benzene rings is 1. The molecule has 38 heteroatoms. The summed E-state index contributed by atoms with van der Waals surface area (Å²) in [5.74, 6) is -13.3. The van der Waals surface area contributed by atoms with Gasteiger partial charge in [0.15, 0.2) is 11.9 Å². The lowest BCUT2D eigenvalue weighted by Crippen LogP contribution is -2.61. The number of hydrogen-bond donors (Lipinski definition) is 19. The highest BCUT2D eigenvalue weighted by atomic mass is 16.4. The van der Waals surface area contributed by atoms with Crippen molar-refractivity contribution in [3.05, 3.63) is 35.9 Å². The van der Waals surface area contributed by atoms with Crippen LogP contribution in [0.15, 0.2) is 40.3 Å². The number of nitrogens with zero attached hydrogens (tertiary/aromatic N) is 4. The van der Waals surface area contributed by atoms with Gasteiger partial charge in [0.05, 0.1) is 19.6 Å². The van der Waals surface area contributed by atoms with Gasteiger partial charge in [0, 0.05) is 45.6 Å². The van der Waals surface area contributed by atoms with Gasteiger partial charge in [-0.3, -0.25) is 77.1 Å². The summed E-state index contributed by atoms with van der Waals surface area (Å²) in [6.07, 6.45) is 2.50. The molecule has 0 saturated carbocycles. The number of aliphatic carboxylic acids is 1. The van der Waals surface area contributed by atoms with Gasteiger partial charge in [0.1, 0.15) is 72.5 Å². The third-order valence-corrected chi connectivity index (χ3v) is 18.6. The fraction of sp³-hybridized carbons (Fsp3) is 0.667. The van der Waals surface area contributed by atoms with E-state index < -0.39 is 175 Å². The van der Waals surface area contributed by atoms with Crippen LogP contribution in [0.25, 0.3) is 0 Å². The molecule has 1 aromatic rings. The van der Waals surface area contributed by atoms with Gasteiger partial charge in [-0.25, -0.2) is 4.79 Å². The zero-order valence-corrected chi connectivity index (χ0v) is 61.3. The molecule has 5 rings (SSSR count). The Balaban J connectivity index is 1.35. The van der Waals surface area contributed by atoms with Crippen LogP contribution in [0.4, 0.5) is 0 Å². The first-order valence-corrected chi connectivity index (χ1v) is 36.9. The first-order chi connectivity index (χ1) is 51.0. The van der Waals surface area contributed by atoms with Gasteiger partial charge in [0.25, 0.3) is 0 Å². The largest absolute Gasteiger partial charge is 0.480 e. The normalized spacial score (nSPS) is 22.3. The number of nitrogens with two attached hydrogens (primary N) is 5. The average Bonchev–Trinajstić information content (AvgIpc) is 1.73. The lowest BCUT2D eigenvalue weighted by atomic mass is 10.0. The molecule has 0 bridgehead atoms. The Labute approximate surface area is 621 Å². The van der Waals surface area contributed by atoms with Crippen molar-refractivity contribution in [1.29, 1.82) is 0 Å². The Morgan fingerprint density at radius 3 is 1.78 bits per heavy atom. The molecule has 4 aliphatic rings. The molecule has 0 aliphatic carbocycles. The van der Waals surface area contributed by atoms with Crippen LogP contribution in [0.5, 0.6) is 0 Å². The number of hydrogen-bond acceptors (Lipinski definition) is 19. The Bertz CT molecular complexity index is 3300. The molecule has 107 heavy (non-hydrogen) atoms. The average molecular weight is 1510 g/mol. The molecule has 0 radical (unpaired) electrons. The van der Waals surface area contributed by atoms with E-state index in [1.54, 1.807) is 44.2 Å². The standard InChI is InChI=1S/C69H111N21O17/c1-4-5-19-46(66(105)90-33-16-25-52(90)65(104)87-49(67(106)107)35-40-17-7-6-8-18-40)84-64(103)51-24-15-32-89(51)55(94)37-78-56(95)41(20-9-11-28-70)80-62(101)48-36-54(93)75-29-12-10-21-42(81-58(97)43(22-13-30-76-68(71)72)83-60(99)45-26-27-53(92)79-45)57(96)82-44(23-14-31-77-69(73)74)59(98)85-47(34-39(2)3)61(100)88-50(38-91)63(102)86-48/h6-8,17-18,39,41-52,91H,4-5,9-16,19-38,70H2,1-3H3,(H,75,93)(H,78,95)(H,79,92)(H,80,101)(H,81,97)(H,82,96)(H,83,99)(H,84,103)(H,85,98)(H,86,102)(H,87,104)(H,88,100)(H,106,107)(H4,71,72,76)(H4,73,74,77)/t41-,42-,43-,44-,45-,46-,47-,48-,49-,50-,51-,52-/m0/s1. The number of carbonyl (C=O) groups excluding carboxylic acids is 14. The molecule has 24 N–H and O–H groups in total. The molecule has 0 aromatic heterocycles. The van der Waals surface area contributed by atoms with Crippen molar-refractivity contribution in [1.82, 2.24) is 73.6 Å². The fourth-order valence-corrected chi connectivity index (χ4v) is 12.8. The molecular formula is C69H111N21O17. The molecule has 0 unspecified atom stereocenters. The van der Waals surface area contributed by atoms with E-state index in [1.165, 1.54) is 9.80 Å². The number of carbonyl (C=O) groups is 15. The van der Waals surface area contributed by atoms with E-state index in [2.05, 4.69) is 73.8 Å². The highest BCUT2D eigenvalue weighted by Crippen LogP contribution is 2.23. The van der Waals surface area contributed by atoms with Crippen molar-refractivity contribution >= 4 is 101 Å². The predicted molar refractivity (Wildman–Crippen MR) is 389 cm³/mol. The topological polar surface area (TPSA) is 602 Å². The molecule has 594 valence electrons. The second-order valence-electron chi connectivity index (χ2n) is 27.6. The highest BCUT2D eigenvalue weighted by Gasteiger charge is 2.43. The van der Waals surface area contributed by atoms with E-state index in [0.717, 1.165) is 0 Å². The number of guanidine groups is 2. The smallest absolute Gasteiger partial charge is 0.326 e. The Morgan fingerprint density at radius 1 is 0.589 bits per heavy atom. The first-order valence-electron chi connectivity index (χ1n) is 36.9. The van der Waals surface area contributed by atoms with Gasteiger partial charge in [0.2, 0.25) is 82.7 Å². The highest BCUT2D eigenvalue weighted by molar-refractivity contribution is 6.01. The second-order valence-corrected chi connectivity index (χ2v) is 27.6. The molecule has 12 atom stereocenters. The lowest BCUT2D eigenvalue weighted by molar-refractivity contribution is -0.145. The van der Waals surface area contributed by atoms with Crippen LogP contribution in [0, 0.1) is 5.92 Å². The van der Waals surface area contributed by atoms with Crippen LogP contribution in [0.1, 0.15) is 161 Å². The summed E-state index contributed by atoms with van der Waals surface area (Å²) >= 11 is 0. The van der Waals surface area contributed by atoms with E-state index in [0.29, 0.717) is 37.7 Å². The maximum absolute atomic E-state index is 14.6. The Hall–Kier alpha value is -10.3. The number of likely N-dealkylation sites (tertiary alicyclic amines) is 2. The van der Waals surface area contributed by atoms with Crippen LogP contribution >= 0.6 is 0 Å². The molecule has 1 aromatic carbocycles. The molecular weight excluding hydrogens is 1390 g/mol. The number of nitrogens with one attached hydrogen (secondary N) is 12. The van der Waals surface area contributed by atoms with Crippen molar-refractivity contribution in [2.75, 3.05) is 52.4 Å². The quantitative estimate of drug-likeness (QED) is 0.0171. The zero-order chi connectivity index (χ0) is 78.7. The van der Waals surface area contributed by atoms with Crippen LogP contribution < -0.4 is 92.5 Å². The summed E-state index contributed by atoms with van der Waals surface area (Å²) in [5, 5.41) is 51.8. The maximum atomic E-state index is 14.6. The summed E-state index contributed by atoms with van der Waals surface area (Å²) in [6, 6.07) is -7.53. The molecule has 4 heterocycles. The minimum Gasteiger partial charge on any atom is -0.480 e. The number of unbranched alkanes of at least 4 members (excludes halogenated alkanes) is 2. The van der Waals surface area contributed by atoms with Crippen molar-refractivity contribution in [2.24, 2.45) is 44.6 Å². The van der Waals surface area contributed by atoms with E-state index in [9.17, 15) is 82.1 Å². The summed E-state index contributed by atoms with van der Waals surface area (Å²) in [5.41, 5.74) is 28.6. The maximum Gasteiger partial charge on any atom is 0.326 e. The van der Waals surface area contributed by atoms with Crippen LogP contribution in [0.3, 0.4) is 0 Å². The van der Waals surface area contributed by atoms with Gasteiger partial charge in [-0.15, -0.1) is 0 Å². The number of rotatable bonds is 35. The van der Waals surface area contributed by atoms with Gasteiger partial charge < -0.3 is 112 Å². The SMILES string of the molecule is CCCC[C@H](NC(=O)[C@@H]1CCCN1C(=O)CNC(=O)[C@H](CCCCN)NC(=O)[C@@H]1CC(=O)NCCCC[C@H](NC(=O)[C@H](CCCN=C(N)N)NC(=O)[C@@H]2CCC(=O)N2)C(=O)N[C@@H](CCCN=C(N)N)C(=O)N[C@@H](CC(C)C)C(=O)N[C@@H](CO)C(=O)N1)C(=O)N1CCC[C@H]1C(=O)N[C@@H](Cc1ccccc1)C(=O)O. The number of carboxylic acids is 1. The fourth-order valence-electron chi connectivity index (χ4n) is 12.8. The Morgan fingerprint density at radius 2 is 1.16 bits per heavy atom. The monoisotopic (exact) mass is 1510 g/mol. The van der Waals surface area contributed by atoms with Crippen LogP contribution in [-0.2, 0) is 78.3 Å². The first kappa shape index (κ1) is 87.4. The van der Waals surface area contributed by atoms with Gasteiger partial charge in [-0.1, -0.05) is 63.9 Å². The minimum absolute atomic E-state index is 0.000941. The lowest BCUT2D eigenvalue weighted by Gasteiger charge is -2.31. The van der Waals surface area contributed by atoms with Gasteiger partial charge in [-0.05, 0) is 127 Å². The number of carboxylic acid groups (broad SMARTS) is 1. The number of aliphatic hydroxyl groups is 1. The van der Waals surface area contributed by atoms with E-state index in [-0.39, 0.29) is 166 Å². The van der Waals surface area contributed by atoms with Crippen molar-refractivity contribution < 1.29 is 82.1 Å². The minimum atomic E-state index is -1.84. The predicted octanol–water partition coefficient (Wildman–Crippen LogP) is -5.79.